The fourth-order valence-corrected chi connectivity index (χ4v) is 7.53. The zero-order valence-electron chi connectivity index (χ0n) is 18.2. The molecule has 28 heavy (non-hydrogen) atoms. The highest BCUT2D eigenvalue weighted by Gasteiger charge is 2.59. The Bertz CT molecular complexity index is 737. The van der Waals surface area contributed by atoms with Crippen molar-refractivity contribution in [2.24, 2.45) is 16.7 Å². The minimum atomic E-state index is 0.313. The predicted octanol–water partition coefficient (Wildman–Crippen LogP) is 5.66. The molecule has 4 aliphatic carbocycles. The number of ether oxygens (including phenoxy) is 2. The van der Waals surface area contributed by atoms with Gasteiger partial charge in [0.2, 0.25) is 0 Å². The van der Waals surface area contributed by atoms with E-state index in [2.05, 4.69) is 37.9 Å². The van der Waals surface area contributed by atoms with Gasteiger partial charge in [-0.1, -0.05) is 26.0 Å². The lowest BCUT2D eigenvalue weighted by Gasteiger charge is -2.65. The van der Waals surface area contributed by atoms with Gasteiger partial charge in [0.05, 0.1) is 13.7 Å². The van der Waals surface area contributed by atoms with Crippen molar-refractivity contribution in [1.29, 1.82) is 0 Å². The van der Waals surface area contributed by atoms with Crippen LogP contribution in [0.4, 0.5) is 0 Å². The average Bonchev–Trinajstić information content (AvgIpc) is 2.59. The lowest BCUT2D eigenvalue weighted by molar-refractivity contribution is -0.118. The molecule has 1 aromatic rings. The van der Waals surface area contributed by atoms with E-state index in [4.69, 9.17) is 9.47 Å². The fraction of sp³-hybridized carbons (Fsp3) is 0.680. The van der Waals surface area contributed by atoms with Crippen molar-refractivity contribution in [2.45, 2.75) is 77.8 Å². The number of rotatable bonds is 8. The third kappa shape index (κ3) is 3.58. The van der Waals surface area contributed by atoms with E-state index in [1.807, 2.05) is 13.0 Å². The van der Waals surface area contributed by atoms with Crippen LogP contribution in [0.2, 0.25) is 0 Å². The molecular formula is C25H37NO2. The summed E-state index contributed by atoms with van der Waals surface area (Å²) in [5.41, 5.74) is 3.82. The smallest absolute Gasteiger partial charge is 0.164 e. The molecule has 0 aromatic heterocycles. The van der Waals surface area contributed by atoms with Crippen molar-refractivity contribution in [3.05, 3.63) is 35.9 Å². The second-order valence-electron chi connectivity index (χ2n) is 10.5. The molecule has 5 rings (SSSR count). The SMILES string of the molecule is C=CCc1cc(CNC23CC4CC(C)(CC(C)(C4)C2)C3)cc(OC)c1OCC. The van der Waals surface area contributed by atoms with Crippen molar-refractivity contribution in [3.8, 4) is 11.5 Å². The summed E-state index contributed by atoms with van der Waals surface area (Å²) in [6, 6.07) is 4.42. The number of allylic oxidation sites excluding steroid dienone is 1. The summed E-state index contributed by atoms with van der Waals surface area (Å²) in [4.78, 5) is 0. The van der Waals surface area contributed by atoms with Crippen LogP contribution in [0.25, 0.3) is 0 Å². The zero-order chi connectivity index (χ0) is 20.0. The highest BCUT2D eigenvalue weighted by molar-refractivity contribution is 5.50. The van der Waals surface area contributed by atoms with Crippen molar-refractivity contribution < 1.29 is 9.47 Å². The van der Waals surface area contributed by atoms with Crippen LogP contribution in [0.1, 0.15) is 70.4 Å². The lowest BCUT2D eigenvalue weighted by atomic mass is 9.43. The standard InChI is InChI=1S/C25H37NO2/c1-6-8-20-9-18(10-21(27-5)22(20)28-7-2)14-26-25-13-19-11-23(3,16-25)15-24(4,12-19)17-25/h6,9-10,19,26H,1,7-8,11-17H2,2-5H3. The Morgan fingerprint density at radius 3 is 2.43 bits per heavy atom. The van der Waals surface area contributed by atoms with Gasteiger partial charge in [0.1, 0.15) is 0 Å². The molecule has 0 heterocycles. The molecule has 1 N–H and O–H groups in total. The first kappa shape index (κ1) is 19.8. The maximum atomic E-state index is 5.88. The van der Waals surface area contributed by atoms with E-state index in [0.29, 0.717) is 23.0 Å². The normalized spacial score (nSPS) is 35.8. The number of nitrogens with one attached hydrogen (secondary N) is 1. The largest absolute Gasteiger partial charge is 0.493 e. The van der Waals surface area contributed by atoms with Crippen LogP contribution < -0.4 is 14.8 Å². The predicted molar refractivity (Wildman–Crippen MR) is 115 cm³/mol. The minimum Gasteiger partial charge on any atom is -0.493 e. The van der Waals surface area contributed by atoms with E-state index in [1.165, 1.54) is 44.1 Å². The molecule has 0 saturated heterocycles. The Morgan fingerprint density at radius 1 is 1.14 bits per heavy atom. The summed E-state index contributed by atoms with van der Waals surface area (Å²) in [6.45, 7) is 12.5. The maximum absolute atomic E-state index is 5.88. The molecule has 0 aliphatic heterocycles. The summed E-state index contributed by atoms with van der Waals surface area (Å²) in [5, 5.41) is 4.04. The topological polar surface area (TPSA) is 30.5 Å². The van der Waals surface area contributed by atoms with Gasteiger partial charge in [-0.2, -0.15) is 0 Å². The van der Waals surface area contributed by atoms with Crippen molar-refractivity contribution in [1.82, 2.24) is 5.32 Å². The lowest BCUT2D eigenvalue weighted by Crippen LogP contribution is -2.63. The van der Waals surface area contributed by atoms with Crippen LogP contribution in [-0.2, 0) is 13.0 Å². The summed E-state index contributed by atoms with van der Waals surface area (Å²) in [5.74, 6) is 2.61. The molecule has 4 aliphatic rings. The zero-order valence-corrected chi connectivity index (χ0v) is 18.2. The molecule has 3 nitrogen and oxygen atoms in total. The van der Waals surface area contributed by atoms with Crippen LogP contribution >= 0.6 is 0 Å². The van der Waals surface area contributed by atoms with Gasteiger partial charge < -0.3 is 14.8 Å². The molecule has 1 aromatic carbocycles. The van der Waals surface area contributed by atoms with Crippen LogP contribution in [0.5, 0.6) is 11.5 Å². The first-order chi connectivity index (χ1) is 13.3. The Hall–Kier alpha value is -1.48. The van der Waals surface area contributed by atoms with Crippen molar-refractivity contribution in [2.75, 3.05) is 13.7 Å². The number of hydrogen-bond donors (Lipinski definition) is 1. The average molecular weight is 384 g/mol. The number of hydrogen-bond acceptors (Lipinski definition) is 3. The summed E-state index contributed by atoms with van der Waals surface area (Å²) in [6.07, 6.45) is 11.0. The monoisotopic (exact) mass is 383 g/mol. The molecule has 4 fully saturated rings. The highest BCUT2D eigenvalue weighted by Crippen LogP contribution is 2.66. The highest BCUT2D eigenvalue weighted by atomic mass is 16.5. The van der Waals surface area contributed by atoms with Crippen LogP contribution in [0.3, 0.4) is 0 Å². The molecule has 4 saturated carbocycles. The molecule has 0 amide bonds. The van der Waals surface area contributed by atoms with Gasteiger partial charge in [0.25, 0.3) is 0 Å². The summed E-state index contributed by atoms with van der Waals surface area (Å²) >= 11 is 0. The van der Waals surface area contributed by atoms with Gasteiger partial charge >= 0.3 is 0 Å². The molecule has 3 heteroatoms. The number of benzene rings is 1. The van der Waals surface area contributed by atoms with Gasteiger partial charge in [0.15, 0.2) is 11.5 Å². The Labute approximate surface area is 170 Å². The van der Waals surface area contributed by atoms with Crippen molar-refractivity contribution in [3.63, 3.8) is 0 Å². The van der Waals surface area contributed by atoms with E-state index in [-0.39, 0.29) is 0 Å². The maximum Gasteiger partial charge on any atom is 0.164 e. The Kier molecular flexibility index (Phi) is 5.02. The summed E-state index contributed by atoms with van der Waals surface area (Å²) in [7, 11) is 1.73. The first-order valence-corrected chi connectivity index (χ1v) is 11.0. The van der Waals surface area contributed by atoms with E-state index < -0.39 is 0 Å². The Balaban J connectivity index is 1.56. The van der Waals surface area contributed by atoms with Gasteiger partial charge in [-0.25, -0.2) is 0 Å². The van der Waals surface area contributed by atoms with Gasteiger partial charge in [-0.15, -0.1) is 6.58 Å². The fourth-order valence-electron chi connectivity index (χ4n) is 7.53. The minimum absolute atomic E-state index is 0.313. The van der Waals surface area contributed by atoms with Crippen LogP contribution in [0.15, 0.2) is 24.8 Å². The third-order valence-corrected chi connectivity index (χ3v) is 7.36. The summed E-state index contributed by atoms with van der Waals surface area (Å²) < 4.78 is 11.5. The molecule has 2 atom stereocenters. The number of methoxy groups -OCH3 is 1. The van der Waals surface area contributed by atoms with Crippen LogP contribution in [-0.4, -0.2) is 19.3 Å². The van der Waals surface area contributed by atoms with Gasteiger partial charge in [-0.3, -0.25) is 0 Å². The Morgan fingerprint density at radius 2 is 1.86 bits per heavy atom. The quantitative estimate of drug-likeness (QED) is 0.588. The molecule has 154 valence electrons. The molecule has 2 unspecified atom stereocenters. The second-order valence-corrected chi connectivity index (χ2v) is 10.5. The van der Waals surface area contributed by atoms with E-state index in [0.717, 1.165) is 35.9 Å². The van der Waals surface area contributed by atoms with Gasteiger partial charge in [0, 0.05) is 17.6 Å². The molecule has 0 spiro atoms. The van der Waals surface area contributed by atoms with E-state index >= 15 is 0 Å². The first-order valence-electron chi connectivity index (χ1n) is 11.0. The molecule has 4 bridgehead atoms. The van der Waals surface area contributed by atoms with E-state index in [1.54, 1.807) is 7.11 Å². The van der Waals surface area contributed by atoms with Crippen molar-refractivity contribution >= 4 is 0 Å². The molecular weight excluding hydrogens is 346 g/mol. The second kappa shape index (κ2) is 7.09. The van der Waals surface area contributed by atoms with Gasteiger partial charge in [-0.05, 0) is 80.2 Å². The van der Waals surface area contributed by atoms with Crippen LogP contribution in [0, 0.1) is 16.7 Å². The third-order valence-electron chi connectivity index (χ3n) is 7.36. The molecule has 0 radical (unpaired) electrons. The van der Waals surface area contributed by atoms with E-state index in [9.17, 15) is 0 Å².